The van der Waals surface area contributed by atoms with Crippen molar-refractivity contribution in [2.75, 3.05) is 12.9 Å². The number of nitriles is 1. The van der Waals surface area contributed by atoms with E-state index in [2.05, 4.69) is 15.0 Å². The quantitative estimate of drug-likeness (QED) is 0.223. The van der Waals surface area contributed by atoms with Crippen molar-refractivity contribution in [3.63, 3.8) is 0 Å². The molecule has 0 saturated carbocycles. The molecule has 1 aromatic heterocycles. The van der Waals surface area contributed by atoms with E-state index in [0.717, 1.165) is 6.26 Å². The van der Waals surface area contributed by atoms with Crippen LogP contribution in [0.15, 0.2) is 53.4 Å². The highest BCUT2D eigenvalue weighted by atomic mass is 32.2. The van der Waals surface area contributed by atoms with Gasteiger partial charge in [-0.2, -0.15) is 10.4 Å². The first kappa shape index (κ1) is 22.6. The van der Waals surface area contributed by atoms with Gasteiger partial charge in [-0.25, -0.2) is 8.42 Å². The van der Waals surface area contributed by atoms with Crippen molar-refractivity contribution in [1.29, 1.82) is 5.26 Å². The summed E-state index contributed by atoms with van der Waals surface area (Å²) in [6, 6.07) is 14.8. The van der Waals surface area contributed by atoms with E-state index in [-0.39, 0.29) is 35.8 Å². The summed E-state index contributed by atoms with van der Waals surface area (Å²) in [5.41, 5.74) is 2.81. The van der Waals surface area contributed by atoms with Gasteiger partial charge in [0.15, 0.2) is 15.6 Å². The number of benzene rings is 2. The van der Waals surface area contributed by atoms with Crippen LogP contribution in [0.2, 0.25) is 0 Å². The molecule has 0 unspecified atom stereocenters. The minimum absolute atomic E-state index is 0.0194. The zero-order valence-corrected chi connectivity index (χ0v) is 17.8. The third-order valence-corrected chi connectivity index (χ3v) is 5.78. The molecule has 164 valence electrons. The number of nitrogens with one attached hydrogen (secondary N) is 1. The van der Waals surface area contributed by atoms with E-state index in [0.29, 0.717) is 27.9 Å². The standard InChI is InChI=1S/C21H18N4O6S/c1-32(29,30)17-10-8-16(9-11-17)20-19(15-6-4-14(13-22)5-7-15)21(24-23-20)18(26)3-2-12-31-25(27)28/h4-11H,2-3,12H2,1H3,(H,23,24). The number of sulfone groups is 1. The SMILES string of the molecule is CS(=O)(=O)c1ccc(-c2[nH]nc(C(=O)CCCO[N+](=O)[O-])c2-c2ccc(C#N)cc2)cc1. The van der Waals surface area contributed by atoms with Gasteiger partial charge in [0.05, 0.1) is 28.8 Å². The number of nitrogens with zero attached hydrogens (tertiary/aromatic N) is 3. The first-order valence-corrected chi connectivity index (χ1v) is 11.3. The maximum absolute atomic E-state index is 12.8. The molecule has 0 aliphatic rings. The van der Waals surface area contributed by atoms with Gasteiger partial charge in [0.25, 0.3) is 5.09 Å². The molecule has 0 fully saturated rings. The van der Waals surface area contributed by atoms with Crippen LogP contribution in [0.3, 0.4) is 0 Å². The fraction of sp³-hybridized carbons (Fsp3) is 0.190. The fourth-order valence-corrected chi connectivity index (χ4v) is 3.73. The van der Waals surface area contributed by atoms with Crippen molar-refractivity contribution in [3.05, 3.63) is 69.9 Å². The van der Waals surface area contributed by atoms with Crippen LogP contribution in [-0.4, -0.2) is 42.3 Å². The highest BCUT2D eigenvalue weighted by molar-refractivity contribution is 7.90. The van der Waals surface area contributed by atoms with Crippen molar-refractivity contribution in [1.82, 2.24) is 10.2 Å². The molecule has 0 aliphatic carbocycles. The first-order chi connectivity index (χ1) is 15.2. The third kappa shape index (κ3) is 5.16. The molecule has 0 aliphatic heterocycles. The summed E-state index contributed by atoms with van der Waals surface area (Å²) in [7, 11) is -3.37. The van der Waals surface area contributed by atoms with Crippen LogP contribution in [0.4, 0.5) is 0 Å². The molecular formula is C21H18N4O6S. The molecule has 3 aromatic rings. The summed E-state index contributed by atoms with van der Waals surface area (Å²) in [5.74, 6) is -0.341. The van der Waals surface area contributed by atoms with Gasteiger partial charge in [0, 0.05) is 23.8 Å². The Labute approximate surface area is 183 Å². The van der Waals surface area contributed by atoms with Gasteiger partial charge in [-0.3, -0.25) is 9.89 Å². The minimum Gasteiger partial charge on any atom is -0.314 e. The van der Waals surface area contributed by atoms with Gasteiger partial charge in [-0.1, -0.05) is 24.3 Å². The van der Waals surface area contributed by atoms with Crippen LogP contribution in [0.5, 0.6) is 0 Å². The maximum Gasteiger partial charge on any atom is 0.294 e. The fourth-order valence-electron chi connectivity index (χ4n) is 3.10. The Morgan fingerprint density at radius 2 is 1.78 bits per heavy atom. The largest absolute Gasteiger partial charge is 0.314 e. The molecule has 10 nitrogen and oxygen atoms in total. The number of aromatic amines is 1. The lowest BCUT2D eigenvalue weighted by molar-refractivity contribution is -0.757. The van der Waals surface area contributed by atoms with Crippen molar-refractivity contribution in [2.24, 2.45) is 0 Å². The number of carbonyl (C=O) groups is 1. The zero-order chi connectivity index (χ0) is 23.3. The summed E-state index contributed by atoms with van der Waals surface area (Å²) in [6.07, 6.45) is 1.23. The molecule has 1 N–H and O–H groups in total. The molecule has 0 spiro atoms. The molecule has 3 rings (SSSR count). The van der Waals surface area contributed by atoms with Crippen LogP contribution >= 0.6 is 0 Å². The Hall–Kier alpha value is -4.04. The normalized spacial score (nSPS) is 11.0. The second-order valence-corrected chi connectivity index (χ2v) is 8.91. The summed E-state index contributed by atoms with van der Waals surface area (Å²) in [6.45, 7) is -0.213. The van der Waals surface area contributed by atoms with Crippen molar-refractivity contribution in [2.45, 2.75) is 17.7 Å². The molecule has 0 radical (unpaired) electrons. The Balaban J connectivity index is 2.01. The number of ketones is 1. The number of carbonyl (C=O) groups excluding carboxylic acids is 1. The smallest absolute Gasteiger partial charge is 0.294 e. The van der Waals surface area contributed by atoms with Gasteiger partial charge in [-0.05, 0) is 36.2 Å². The van der Waals surface area contributed by atoms with Gasteiger partial charge in [0.1, 0.15) is 5.69 Å². The van der Waals surface area contributed by atoms with E-state index < -0.39 is 14.9 Å². The number of hydrogen-bond acceptors (Lipinski definition) is 8. The lowest BCUT2D eigenvalue weighted by atomic mass is 9.96. The van der Waals surface area contributed by atoms with Crippen LogP contribution in [-0.2, 0) is 14.7 Å². The topological polar surface area (TPSA) is 156 Å². The predicted octanol–water partition coefficient (Wildman–Crippen LogP) is 3.19. The number of hydrogen-bond donors (Lipinski definition) is 1. The molecule has 0 bridgehead atoms. The number of rotatable bonds is 9. The highest BCUT2D eigenvalue weighted by Crippen LogP contribution is 2.34. The van der Waals surface area contributed by atoms with Crippen molar-refractivity contribution < 1.29 is 23.1 Å². The first-order valence-electron chi connectivity index (χ1n) is 9.40. The average molecular weight is 454 g/mol. The second-order valence-electron chi connectivity index (χ2n) is 6.89. The Bertz CT molecular complexity index is 1290. The van der Waals surface area contributed by atoms with Gasteiger partial charge >= 0.3 is 0 Å². The molecule has 0 amide bonds. The summed E-state index contributed by atoms with van der Waals surface area (Å²) >= 11 is 0. The van der Waals surface area contributed by atoms with E-state index in [4.69, 9.17) is 5.26 Å². The molecule has 32 heavy (non-hydrogen) atoms. The molecular weight excluding hydrogens is 436 g/mol. The Kier molecular flexibility index (Phi) is 6.65. The van der Waals surface area contributed by atoms with Crippen LogP contribution < -0.4 is 0 Å². The lowest BCUT2D eigenvalue weighted by Crippen LogP contribution is -2.07. The van der Waals surface area contributed by atoms with E-state index in [1.807, 2.05) is 6.07 Å². The zero-order valence-electron chi connectivity index (χ0n) is 16.9. The van der Waals surface area contributed by atoms with E-state index >= 15 is 0 Å². The van der Waals surface area contributed by atoms with Crippen molar-refractivity contribution >= 4 is 15.6 Å². The third-order valence-electron chi connectivity index (χ3n) is 4.65. The molecule has 1 heterocycles. The maximum atomic E-state index is 12.8. The Morgan fingerprint density at radius 1 is 1.16 bits per heavy atom. The van der Waals surface area contributed by atoms with Gasteiger partial charge < -0.3 is 4.84 Å². The van der Waals surface area contributed by atoms with E-state index in [1.54, 1.807) is 36.4 Å². The monoisotopic (exact) mass is 454 g/mol. The second kappa shape index (κ2) is 9.40. The highest BCUT2D eigenvalue weighted by Gasteiger charge is 2.22. The van der Waals surface area contributed by atoms with E-state index in [9.17, 15) is 23.3 Å². The minimum atomic E-state index is -3.37. The van der Waals surface area contributed by atoms with Crippen LogP contribution in [0.25, 0.3) is 22.4 Å². The summed E-state index contributed by atoms with van der Waals surface area (Å²) < 4.78 is 23.5. The van der Waals surface area contributed by atoms with Crippen molar-refractivity contribution in [3.8, 4) is 28.5 Å². The summed E-state index contributed by atoms with van der Waals surface area (Å²) in [4.78, 5) is 27.5. The van der Waals surface area contributed by atoms with Crippen LogP contribution in [0, 0.1) is 21.4 Å². The lowest BCUT2D eigenvalue weighted by Gasteiger charge is -2.08. The number of Topliss-reactive ketones (excluding diaryl/α,β-unsaturated/α-hetero) is 1. The van der Waals surface area contributed by atoms with E-state index in [1.165, 1.54) is 12.1 Å². The molecule has 11 heteroatoms. The molecule has 0 atom stereocenters. The summed E-state index contributed by atoms with van der Waals surface area (Å²) in [5, 5.41) is 25.4. The van der Waals surface area contributed by atoms with Gasteiger partial charge in [-0.15, -0.1) is 10.1 Å². The Morgan fingerprint density at radius 3 is 2.34 bits per heavy atom. The van der Waals surface area contributed by atoms with Gasteiger partial charge in [0.2, 0.25) is 0 Å². The predicted molar refractivity (Wildman–Crippen MR) is 114 cm³/mol. The number of H-pyrrole nitrogens is 1. The number of aromatic nitrogens is 2. The van der Waals surface area contributed by atoms with Crippen LogP contribution in [0.1, 0.15) is 28.9 Å². The molecule has 2 aromatic carbocycles. The molecule has 0 saturated heterocycles. The average Bonchev–Trinajstić information content (AvgIpc) is 3.21.